The average Bonchev–Trinajstić information content (AvgIpc) is 3.17. The molecule has 3 fully saturated rings. The number of nitrogens with one attached hydrogen (secondary N) is 1. The van der Waals surface area contributed by atoms with Gasteiger partial charge in [-0.15, -0.1) is 0 Å². The van der Waals surface area contributed by atoms with Gasteiger partial charge in [0.2, 0.25) is 11.8 Å². The number of hydrogen-bond acceptors (Lipinski definition) is 5. The molecule has 2 bridgehead atoms. The number of ether oxygens (including phenoxy) is 1. The van der Waals surface area contributed by atoms with Gasteiger partial charge in [-0.05, 0) is 70.4 Å². The Morgan fingerprint density at radius 1 is 1.06 bits per heavy atom. The van der Waals surface area contributed by atoms with Crippen LogP contribution in [0.1, 0.15) is 76.8 Å². The third-order valence-electron chi connectivity index (χ3n) is 7.43. The van der Waals surface area contributed by atoms with Gasteiger partial charge in [-0.1, -0.05) is 12.1 Å². The maximum Gasteiger partial charge on any atom is 0.410 e. The van der Waals surface area contributed by atoms with Crippen molar-refractivity contribution in [2.75, 3.05) is 0 Å². The molecule has 1 N–H and O–H groups in total. The highest BCUT2D eigenvalue weighted by Gasteiger charge is 2.45. The minimum atomic E-state index is -0.700. The van der Waals surface area contributed by atoms with Crippen LogP contribution in [0.25, 0.3) is 11.0 Å². The van der Waals surface area contributed by atoms with Crippen LogP contribution in [0.15, 0.2) is 23.0 Å². The Hall–Kier alpha value is -3.10. The summed E-state index contributed by atoms with van der Waals surface area (Å²) in [6.07, 6.45) is 3.81. The van der Waals surface area contributed by atoms with Crippen LogP contribution in [0, 0.1) is 0 Å². The lowest BCUT2D eigenvalue weighted by atomic mass is 9.84. The van der Waals surface area contributed by atoms with E-state index in [9.17, 15) is 19.2 Å². The molecule has 9 nitrogen and oxygen atoms in total. The van der Waals surface area contributed by atoms with E-state index in [1.807, 2.05) is 37.8 Å². The summed E-state index contributed by atoms with van der Waals surface area (Å²) < 4.78 is 8.82. The zero-order valence-corrected chi connectivity index (χ0v) is 20.2. The quantitative estimate of drug-likeness (QED) is 0.683. The van der Waals surface area contributed by atoms with E-state index >= 15 is 0 Å². The smallest absolute Gasteiger partial charge is 0.410 e. The predicted octanol–water partition coefficient (Wildman–Crippen LogP) is 2.96. The van der Waals surface area contributed by atoms with Crippen molar-refractivity contribution in [3.05, 3.63) is 34.2 Å². The molecule has 3 unspecified atom stereocenters. The van der Waals surface area contributed by atoms with E-state index in [2.05, 4.69) is 11.4 Å². The van der Waals surface area contributed by atoms with E-state index in [4.69, 9.17) is 4.74 Å². The van der Waals surface area contributed by atoms with Gasteiger partial charge in [0, 0.05) is 25.6 Å². The molecule has 182 valence electrons. The Morgan fingerprint density at radius 3 is 2.35 bits per heavy atom. The topological polar surface area (TPSA) is 103 Å². The van der Waals surface area contributed by atoms with Crippen LogP contribution in [0.5, 0.6) is 0 Å². The number of aromatic nitrogens is 2. The van der Waals surface area contributed by atoms with Gasteiger partial charge in [0.25, 0.3) is 0 Å². The number of imide groups is 1. The number of benzene rings is 1. The first kappa shape index (κ1) is 22.7. The zero-order valence-electron chi connectivity index (χ0n) is 20.2. The minimum absolute atomic E-state index is 0.114. The van der Waals surface area contributed by atoms with Gasteiger partial charge >= 0.3 is 11.8 Å². The highest BCUT2D eigenvalue weighted by Crippen LogP contribution is 2.45. The van der Waals surface area contributed by atoms with Crippen molar-refractivity contribution in [1.82, 2.24) is 19.4 Å². The fraction of sp³-hybridized carbons (Fsp3) is 0.600. The van der Waals surface area contributed by atoms with Crippen molar-refractivity contribution < 1.29 is 19.1 Å². The largest absolute Gasteiger partial charge is 0.444 e. The summed E-state index contributed by atoms with van der Waals surface area (Å²) in [6, 6.07) is 5.39. The molecule has 0 radical (unpaired) electrons. The van der Waals surface area contributed by atoms with Crippen LogP contribution in [0.2, 0.25) is 0 Å². The highest BCUT2D eigenvalue weighted by molar-refractivity contribution is 6.00. The van der Waals surface area contributed by atoms with E-state index < -0.39 is 17.6 Å². The number of fused-ring (bicyclic) bond motifs is 3. The van der Waals surface area contributed by atoms with Crippen LogP contribution in [0.4, 0.5) is 4.79 Å². The lowest BCUT2D eigenvalue weighted by Crippen LogP contribution is -2.48. The van der Waals surface area contributed by atoms with Crippen LogP contribution in [-0.2, 0) is 21.4 Å². The van der Waals surface area contributed by atoms with Crippen molar-refractivity contribution in [3.8, 4) is 0 Å². The first-order valence-electron chi connectivity index (χ1n) is 12.1. The molecule has 0 spiro atoms. The molecule has 4 heterocycles. The molecule has 9 heteroatoms. The fourth-order valence-electron chi connectivity index (χ4n) is 6.07. The fourth-order valence-corrected chi connectivity index (χ4v) is 6.07. The van der Waals surface area contributed by atoms with Crippen LogP contribution in [0.3, 0.4) is 0 Å². The molecule has 3 saturated heterocycles. The summed E-state index contributed by atoms with van der Waals surface area (Å²) in [6.45, 7) is 5.65. The Morgan fingerprint density at radius 2 is 1.74 bits per heavy atom. The Balaban J connectivity index is 1.48. The molecule has 3 aliphatic rings. The first-order valence-corrected chi connectivity index (χ1v) is 12.1. The molecule has 1 aromatic carbocycles. The number of carbonyl (C=O) groups excluding carboxylic acids is 3. The summed E-state index contributed by atoms with van der Waals surface area (Å²) in [4.78, 5) is 52.2. The molecule has 5 rings (SSSR count). The van der Waals surface area contributed by atoms with Gasteiger partial charge in [-0.2, -0.15) is 0 Å². The third kappa shape index (κ3) is 3.71. The van der Waals surface area contributed by atoms with Gasteiger partial charge in [-0.3, -0.25) is 24.0 Å². The first-order chi connectivity index (χ1) is 16.0. The minimum Gasteiger partial charge on any atom is -0.444 e. The molecule has 3 aliphatic heterocycles. The predicted molar refractivity (Wildman–Crippen MR) is 125 cm³/mol. The normalized spacial score (nSPS) is 27.2. The maximum atomic E-state index is 13.3. The van der Waals surface area contributed by atoms with Crippen molar-refractivity contribution in [3.63, 3.8) is 0 Å². The Bertz CT molecular complexity index is 1220. The molecule has 3 amide bonds. The second-order valence-corrected chi connectivity index (χ2v) is 10.8. The van der Waals surface area contributed by atoms with Gasteiger partial charge in [0.05, 0.1) is 11.0 Å². The zero-order chi connectivity index (χ0) is 24.4. The van der Waals surface area contributed by atoms with Crippen LogP contribution < -0.4 is 11.0 Å². The van der Waals surface area contributed by atoms with Gasteiger partial charge in [-0.25, -0.2) is 9.59 Å². The second kappa shape index (κ2) is 7.99. The molecule has 34 heavy (non-hydrogen) atoms. The molecule has 3 atom stereocenters. The lowest BCUT2D eigenvalue weighted by molar-refractivity contribution is -0.135. The Kier molecular flexibility index (Phi) is 5.33. The van der Waals surface area contributed by atoms with Crippen LogP contribution in [-0.4, -0.2) is 49.6 Å². The molecular formula is C25H32N4O5. The number of rotatable bonds is 2. The van der Waals surface area contributed by atoms with Crippen molar-refractivity contribution in [2.24, 2.45) is 7.05 Å². The molecular weight excluding hydrogens is 436 g/mol. The van der Waals surface area contributed by atoms with Crippen molar-refractivity contribution in [2.45, 2.75) is 88.9 Å². The number of para-hydroxylation sites is 1. The third-order valence-corrected chi connectivity index (χ3v) is 7.43. The van der Waals surface area contributed by atoms with Crippen molar-refractivity contribution in [1.29, 1.82) is 0 Å². The SMILES string of the molecule is Cn1c(=O)n(C2CCC(=O)NC2=O)c2cccc(C3CC4CCC(C3)N4C(=O)OC(C)(C)C)c21. The summed E-state index contributed by atoms with van der Waals surface area (Å²) in [7, 11) is 1.74. The maximum absolute atomic E-state index is 13.3. The molecule has 1 aromatic heterocycles. The summed E-state index contributed by atoms with van der Waals surface area (Å²) >= 11 is 0. The molecule has 0 aliphatic carbocycles. The number of piperidine rings is 2. The van der Waals surface area contributed by atoms with E-state index in [0.717, 1.165) is 36.8 Å². The van der Waals surface area contributed by atoms with Gasteiger partial charge in [0.15, 0.2) is 0 Å². The lowest BCUT2D eigenvalue weighted by Gasteiger charge is -2.39. The summed E-state index contributed by atoms with van der Waals surface area (Å²) in [5.74, 6) is -0.537. The summed E-state index contributed by atoms with van der Waals surface area (Å²) in [5, 5.41) is 2.36. The molecule has 0 saturated carbocycles. The Labute approximate surface area is 198 Å². The van der Waals surface area contributed by atoms with E-state index in [-0.39, 0.29) is 42.1 Å². The monoisotopic (exact) mass is 468 g/mol. The number of amides is 3. The molecule has 2 aromatic rings. The number of carbonyl (C=O) groups is 3. The average molecular weight is 469 g/mol. The van der Waals surface area contributed by atoms with E-state index in [1.165, 1.54) is 4.57 Å². The van der Waals surface area contributed by atoms with Gasteiger partial charge in [0.1, 0.15) is 11.6 Å². The van der Waals surface area contributed by atoms with E-state index in [0.29, 0.717) is 11.9 Å². The van der Waals surface area contributed by atoms with E-state index in [1.54, 1.807) is 11.6 Å². The van der Waals surface area contributed by atoms with Crippen LogP contribution >= 0.6 is 0 Å². The number of aryl methyl sites for hydroxylation is 1. The number of imidazole rings is 1. The van der Waals surface area contributed by atoms with Crippen molar-refractivity contribution >= 4 is 28.9 Å². The number of hydrogen-bond donors (Lipinski definition) is 1. The summed E-state index contributed by atoms with van der Waals surface area (Å²) in [5.41, 5.74) is 1.82. The highest BCUT2D eigenvalue weighted by atomic mass is 16.6. The number of nitrogens with zero attached hydrogens (tertiary/aromatic N) is 3. The second-order valence-electron chi connectivity index (χ2n) is 10.8. The van der Waals surface area contributed by atoms with Gasteiger partial charge < -0.3 is 9.64 Å². The standard InChI is InChI=1S/C25H32N4O5/c1-25(2,3)34-24(33)28-15-8-9-16(28)13-14(12-15)17-6-5-7-18-21(17)27(4)23(32)29(18)19-10-11-20(30)26-22(19)31/h5-7,14-16,19H,8-13H2,1-4H3,(H,26,30,31).